The molecule has 0 spiro atoms. The van der Waals surface area contributed by atoms with Crippen molar-refractivity contribution in [2.24, 2.45) is 0 Å². The minimum absolute atomic E-state index is 0.0773. The van der Waals surface area contributed by atoms with E-state index < -0.39 is 23.3 Å². The molecule has 0 saturated carbocycles. The van der Waals surface area contributed by atoms with Crippen LogP contribution < -0.4 is 0 Å². The van der Waals surface area contributed by atoms with E-state index in [4.69, 9.17) is 0 Å². The highest BCUT2D eigenvalue weighted by atomic mass is 19.1. The molecule has 0 aromatic heterocycles. The van der Waals surface area contributed by atoms with Crippen molar-refractivity contribution in [1.29, 1.82) is 0 Å². The van der Waals surface area contributed by atoms with Gasteiger partial charge in [0.2, 0.25) is 11.8 Å². The van der Waals surface area contributed by atoms with E-state index in [2.05, 4.69) is 0 Å². The number of carbonyl (C=O) groups excluding carboxylic acids is 4. The summed E-state index contributed by atoms with van der Waals surface area (Å²) in [6.45, 7) is 1.66. The van der Waals surface area contributed by atoms with Crippen molar-refractivity contribution >= 4 is 47.7 Å². The lowest BCUT2D eigenvalue weighted by Gasteiger charge is -2.30. The van der Waals surface area contributed by atoms with Crippen molar-refractivity contribution in [2.75, 3.05) is 67.5 Å². The molecule has 2 heterocycles. The molecule has 60 heavy (non-hydrogen) atoms. The SMILES string of the molecule is CN(C)CCC(=O)N1C/C(=C\c2cccc(F)c2)C(=O)/C(=C/c2cccc(F)c2)C1.CN(C)CCC(=O)N1C/C(=C\c2ccccc2F)C(=O)/C(=C/c2ccccc2F)C1. The number of Topliss-reactive ketones (excluding diaryl/α,β-unsaturated/α-hetero) is 2. The number of rotatable bonds is 10. The zero-order valence-electron chi connectivity index (χ0n) is 34.1. The van der Waals surface area contributed by atoms with Gasteiger partial charge < -0.3 is 19.6 Å². The Labute approximate surface area is 348 Å². The monoisotopic (exact) mass is 820 g/mol. The Balaban J connectivity index is 0.000000228. The minimum Gasteiger partial charge on any atom is -0.334 e. The highest BCUT2D eigenvalue weighted by Crippen LogP contribution is 2.26. The molecular weight excluding hydrogens is 773 g/mol. The number of benzene rings is 4. The molecule has 2 aliphatic rings. The van der Waals surface area contributed by atoms with Crippen molar-refractivity contribution < 1.29 is 36.7 Å². The van der Waals surface area contributed by atoms with Gasteiger partial charge in [-0.2, -0.15) is 0 Å². The second-order valence-corrected chi connectivity index (χ2v) is 15.1. The van der Waals surface area contributed by atoms with Crippen LogP contribution in [0.2, 0.25) is 0 Å². The Kier molecular flexibility index (Phi) is 15.8. The predicted molar refractivity (Wildman–Crippen MR) is 227 cm³/mol. The molecule has 312 valence electrons. The molecule has 2 amide bonds. The van der Waals surface area contributed by atoms with Crippen LogP contribution >= 0.6 is 0 Å². The fourth-order valence-corrected chi connectivity index (χ4v) is 6.54. The van der Waals surface area contributed by atoms with Crippen LogP contribution in [0, 0.1) is 23.3 Å². The Morgan fingerprint density at radius 1 is 0.517 bits per heavy atom. The normalized spacial score (nSPS) is 17.2. The van der Waals surface area contributed by atoms with E-state index in [0.717, 1.165) is 0 Å². The molecule has 4 aromatic carbocycles. The fourth-order valence-electron chi connectivity index (χ4n) is 6.54. The molecule has 6 rings (SSSR count). The smallest absolute Gasteiger partial charge is 0.224 e. The molecule has 2 fully saturated rings. The zero-order chi connectivity index (χ0) is 43.3. The maximum absolute atomic E-state index is 14.1. The van der Waals surface area contributed by atoms with Crippen LogP contribution in [0.15, 0.2) is 119 Å². The molecular formula is C48H48F4N4O4. The van der Waals surface area contributed by atoms with Crippen molar-refractivity contribution in [3.05, 3.63) is 165 Å². The first-order chi connectivity index (χ1) is 28.7. The number of nitrogens with zero attached hydrogens (tertiary/aromatic N) is 4. The first-order valence-corrected chi connectivity index (χ1v) is 19.4. The van der Waals surface area contributed by atoms with E-state index >= 15 is 0 Å². The Bertz CT molecular complexity index is 2210. The molecule has 2 aliphatic heterocycles. The number of hydrogen-bond donors (Lipinski definition) is 0. The van der Waals surface area contributed by atoms with Gasteiger partial charge in [0.25, 0.3) is 0 Å². The first kappa shape index (κ1) is 44.9. The van der Waals surface area contributed by atoms with Crippen LogP contribution in [-0.2, 0) is 19.2 Å². The van der Waals surface area contributed by atoms with Crippen molar-refractivity contribution in [3.63, 3.8) is 0 Å². The molecule has 0 aliphatic carbocycles. The third-order valence-corrected chi connectivity index (χ3v) is 9.71. The van der Waals surface area contributed by atoms with Gasteiger partial charge in [0.05, 0.1) is 0 Å². The van der Waals surface area contributed by atoms with Gasteiger partial charge in [-0.15, -0.1) is 0 Å². The van der Waals surface area contributed by atoms with Crippen LogP contribution in [0.25, 0.3) is 24.3 Å². The summed E-state index contributed by atoms with van der Waals surface area (Å²) in [4.78, 5) is 58.6. The molecule has 4 aromatic rings. The van der Waals surface area contributed by atoms with E-state index in [1.165, 1.54) is 48.6 Å². The first-order valence-electron chi connectivity index (χ1n) is 19.4. The Morgan fingerprint density at radius 3 is 1.20 bits per heavy atom. The summed E-state index contributed by atoms with van der Waals surface area (Å²) < 4.78 is 55.4. The lowest BCUT2D eigenvalue weighted by molar-refractivity contribution is -0.132. The van der Waals surface area contributed by atoms with E-state index in [1.807, 2.05) is 38.0 Å². The van der Waals surface area contributed by atoms with Crippen LogP contribution in [0.1, 0.15) is 35.1 Å². The third-order valence-electron chi connectivity index (χ3n) is 9.71. The van der Waals surface area contributed by atoms with Gasteiger partial charge in [0.15, 0.2) is 11.6 Å². The second kappa shape index (κ2) is 21.1. The van der Waals surface area contributed by atoms with Crippen molar-refractivity contribution in [2.45, 2.75) is 12.8 Å². The lowest BCUT2D eigenvalue weighted by Crippen LogP contribution is -2.42. The standard InChI is InChI=1S/2C24H24F2N2O2/c1-27(2)10-9-23(29)28-15-19(11-17-5-3-7-21(25)13-17)24(30)20(16-28)12-18-6-4-8-22(26)14-18;1-27(2)12-11-23(29)28-15-19(13-17-7-3-5-9-21(17)25)24(30)20(16-28)14-18-8-4-6-10-22(18)26/h3-8,11-14H,9-10,15-16H2,1-2H3;3-10,13-14H,11-12,15-16H2,1-2H3/b19-11+,20-12+;19-13+,20-14+. The number of halogens is 4. The highest BCUT2D eigenvalue weighted by Gasteiger charge is 2.30. The van der Waals surface area contributed by atoms with Gasteiger partial charge in [-0.3, -0.25) is 19.2 Å². The van der Waals surface area contributed by atoms with Gasteiger partial charge in [0, 0.05) is 85.5 Å². The Morgan fingerprint density at radius 2 is 0.867 bits per heavy atom. The fraction of sp³-hybridized carbons (Fsp3) is 0.250. The van der Waals surface area contributed by atoms with E-state index in [1.54, 1.807) is 82.6 Å². The molecule has 2 saturated heterocycles. The largest absolute Gasteiger partial charge is 0.334 e. The summed E-state index contributed by atoms with van der Waals surface area (Å²) in [6, 6.07) is 24.1. The van der Waals surface area contributed by atoms with Gasteiger partial charge in [-0.05, 0) is 100 Å². The highest BCUT2D eigenvalue weighted by molar-refractivity contribution is 6.16. The summed E-state index contributed by atoms with van der Waals surface area (Å²) in [5.41, 5.74) is 3.03. The van der Waals surface area contributed by atoms with Gasteiger partial charge in [0.1, 0.15) is 23.3 Å². The average molecular weight is 821 g/mol. The molecule has 0 bridgehead atoms. The predicted octanol–water partition coefficient (Wildman–Crippen LogP) is 7.59. The molecule has 0 unspecified atom stereocenters. The van der Waals surface area contributed by atoms with E-state index in [0.29, 0.717) is 59.4 Å². The molecule has 8 nitrogen and oxygen atoms in total. The maximum atomic E-state index is 14.1. The van der Waals surface area contributed by atoms with E-state index in [9.17, 15) is 36.7 Å². The molecule has 0 N–H and O–H groups in total. The van der Waals surface area contributed by atoms with Gasteiger partial charge >= 0.3 is 0 Å². The molecule has 0 atom stereocenters. The number of likely N-dealkylation sites (tertiary alicyclic amines) is 2. The summed E-state index contributed by atoms with van der Waals surface area (Å²) >= 11 is 0. The summed E-state index contributed by atoms with van der Waals surface area (Å²) in [5, 5.41) is 0. The molecule has 0 radical (unpaired) electrons. The number of carbonyl (C=O) groups is 4. The summed E-state index contributed by atoms with van der Waals surface area (Å²) in [7, 11) is 7.52. The maximum Gasteiger partial charge on any atom is 0.224 e. The van der Waals surface area contributed by atoms with Crippen LogP contribution in [0.5, 0.6) is 0 Å². The number of piperidine rings is 2. The number of hydrogen-bond acceptors (Lipinski definition) is 6. The van der Waals surface area contributed by atoms with Crippen LogP contribution in [0.4, 0.5) is 17.6 Å². The summed E-state index contributed by atoms with van der Waals surface area (Å²) in [6.07, 6.45) is 6.77. The number of amides is 2. The lowest BCUT2D eigenvalue weighted by atomic mass is 9.93. The van der Waals surface area contributed by atoms with Gasteiger partial charge in [-0.1, -0.05) is 60.7 Å². The minimum atomic E-state index is -0.450. The third kappa shape index (κ3) is 12.9. The average Bonchev–Trinajstić information content (AvgIpc) is 3.20. The van der Waals surface area contributed by atoms with Crippen molar-refractivity contribution in [3.8, 4) is 0 Å². The molecule has 12 heteroatoms. The van der Waals surface area contributed by atoms with Crippen molar-refractivity contribution in [1.82, 2.24) is 19.6 Å². The zero-order valence-corrected chi connectivity index (χ0v) is 34.1. The summed E-state index contributed by atoms with van der Waals surface area (Å²) in [5.74, 6) is -2.43. The van der Waals surface area contributed by atoms with Crippen LogP contribution in [0.3, 0.4) is 0 Å². The number of ketones is 2. The van der Waals surface area contributed by atoms with E-state index in [-0.39, 0.29) is 60.7 Å². The van der Waals surface area contributed by atoms with Crippen LogP contribution in [-0.4, -0.2) is 110 Å². The topological polar surface area (TPSA) is 81.2 Å². The van der Waals surface area contributed by atoms with Gasteiger partial charge in [-0.25, -0.2) is 17.6 Å². The second-order valence-electron chi connectivity index (χ2n) is 15.1. The quantitative estimate of drug-likeness (QED) is 0.121. The Hall–Kier alpha value is -6.24.